The van der Waals surface area contributed by atoms with Gasteiger partial charge < -0.3 is 25.0 Å². The van der Waals surface area contributed by atoms with E-state index in [0.717, 1.165) is 22.6 Å². The zero-order chi connectivity index (χ0) is 23.8. The first-order chi connectivity index (χ1) is 15.8. The van der Waals surface area contributed by atoms with Gasteiger partial charge in [0, 0.05) is 39.1 Å². The molecule has 0 spiro atoms. The minimum Gasteiger partial charge on any atom is -0.508 e. The van der Waals surface area contributed by atoms with Gasteiger partial charge in [0.1, 0.15) is 12.5 Å². The number of hydrogen-bond acceptors (Lipinski definition) is 7. The molecule has 2 aromatic carbocycles. The fourth-order valence-electron chi connectivity index (χ4n) is 3.20. The molecule has 1 heterocycles. The van der Waals surface area contributed by atoms with Crippen LogP contribution < -0.4 is 10.2 Å². The molecule has 0 radical (unpaired) electrons. The van der Waals surface area contributed by atoms with Crippen LogP contribution in [0.3, 0.4) is 0 Å². The Morgan fingerprint density at radius 1 is 1.09 bits per heavy atom. The summed E-state index contributed by atoms with van der Waals surface area (Å²) in [7, 11) is 5.95. The average Bonchev–Trinajstić information content (AvgIpc) is 3.12. The van der Waals surface area contributed by atoms with Crippen molar-refractivity contribution in [3.05, 3.63) is 69.8 Å². The molecule has 0 aliphatic carbocycles. The summed E-state index contributed by atoms with van der Waals surface area (Å²) in [6.07, 6.45) is 4.68. The van der Waals surface area contributed by atoms with Crippen molar-refractivity contribution in [3.8, 4) is 11.4 Å². The van der Waals surface area contributed by atoms with Crippen LogP contribution in [0.1, 0.15) is 5.56 Å². The lowest BCUT2D eigenvalue weighted by Crippen LogP contribution is -2.23. The highest BCUT2D eigenvalue weighted by atomic mass is 32.1. The molecule has 0 amide bonds. The van der Waals surface area contributed by atoms with E-state index in [2.05, 4.69) is 20.4 Å². The molecule has 0 aliphatic rings. The molecule has 33 heavy (non-hydrogen) atoms. The van der Waals surface area contributed by atoms with Crippen LogP contribution in [0.5, 0.6) is 5.75 Å². The predicted molar refractivity (Wildman–Crippen MR) is 138 cm³/mol. The summed E-state index contributed by atoms with van der Waals surface area (Å²) in [6.45, 7) is 1.64. The van der Waals surface area contributed by atoms with Crippen LogP contribution in [0.25, 0.3) is 5.69 Å². The number of phenols is 1. The van der Waals surface area contributed by atoms with Crippen molar-refractivity contribution in [2.24, 2.45) is 0 Å². The van der Waals surface area contributed by atoms with E-state index in [1.807, 2.05) is 74.7 Å². The highest BCUT2D eigenvalue weighted by molar-refractivity contribution is 7.72. The fraction of sp³-hybridized carbons (Fsp3) is 0.304. The van der Waals surface area contributed by atoms with Gasteiger partial charge in [-0.1, -0.05) is 12.1 Å². The summed E-state index contributed by atoms with van der Waals surface area (Å²) in [5.74, 6) is 0.306. The molecule has 0 atom stereocenters. The lowest BCUT2D eigenvalue weighted by molar-refractivity contribution is 0.159. The van der Waals surface area contributed by atoms with E-state index in [-0.39, 0.29) is 0 Å². The molecule has 3 rings (SSSR count). The van der Waals surface area contributed by atoms with Gasteiger partial charge in [-0.15, -0.1) is 0 Å². The first-order valence-corrected chi connectivity index (χ1v) is 11.3. The number of aromatic nitrogens is 3. The Kier molecular flexibility index (Phi) is 8.70. The minimum absolute atomic E-state index is 0.306. The second kappa shape index (κ2) is 11.7. The molecule has 0 aliphatic heterocycles. The summed E-state index contributed by atoms with van der Waals surface area (Å²) in [4.78, 5) is 4.08. The summed E-state index contributed by atoms with van der Waals surface area (Å²) >= 11 is 10.5. The topological polar surface area (TPSA) is 84.5 Å². The Morgan fingerprint density at radius 2 is 1.85 bits per heavy atom. The van der Waals surface area contributed by atoms with Crippen molar-refractivity contribution in [1.82, 2.24) is 19.7 Å². The molecule has 0 fully saturated rings. The van der Waals surface area contributed by atoms with Crippen LogP contribution >= 0.6 is 24.4 Å². The number of nitrogens with one attached hydrogen (secondary N) is 3. The Balaban J connectivity index is 1.48. The van der Waals surface area contributed by atoms with Crippen LogP contribution in [0.2, 0.25) is 0 Å². The first-order valence-electron chi connectivity index (χ1n) is 10.5. The Morgan fingerprint density at radius 3 is 2.58 bits per heavy atom. The molecule has 176 valence electrons. The number of H-pyrrole nitrogens is 2. The van der Waals surface area contributed by atoms with E-state index in [1.54, 1.807) is 10.6 Å². The minimum atomic E-state index is 0.306. The van der Waals surface area contributed by atoms with E-state index in [9.17, 15) is 5.11 Å². The van der Waals surface area contributed by atoms with Gasteiger partial charge in [0.25, 0.3) is 0 Å². The van der Waals surface area contributed by atoms with Gasteiger partial charge >= 0.3 is 0 Å². The van der Waals surface area contributed by atoms with Gasteiger partial charge in [-0.3, -0.25) is 14.8 Å². The molecule has 0 bridgehead atoms. The number of benzene rings is 2. The zero-order valence-corrected chi connectivity index (χ0v) is 20.7. The monoisotopic (exact) mass is 486 g/mol. The highest BCUT2D eigenvalue weighted by Crippen LogP contribution is 2.24. The fourth-order valence-corrected chi connectivity index (χ4v) is 3.75. The lowest BCUT2D eigenvalue weighted by atomic mass is 10.1. The third-order valence-corrected chi connectivity index (χ3v) is 5.55. The maximum Gasteiger partial charge on any atom is 0.198 e. The number of allylic oxidation sites excluding steroid dienone is 1. The molecule has 0 saturated heterocycles. The standard InChI is InChI=1S/C23H30N6O2S2/c1-27(2)11-5-6-17-14-19(9-10-21(17)30)28(3)12-13-31-16-24-18-7-4-8-20(15-18)29-22(32)25-26-23(29)33/h4-5,7-11,14-15,24,30H,6,12-13,16H2,1-3H3,(H,25,32)(H,26,33). The normalized spacial score (nSPS) is 11.1. The van der Waals surface area contributed by atoms with Crippen LogP contribution in [0.4, 0.5) is 11.4 Å². The maximum absolute atomic E-state index is 10.1. The third-order valence-electron chi connectivity index (χ3n) is 4.98. The summed E-state index contributed by atoms with van der Waals surface area (Å²) in [6, 6.07) is 13.5. The van der Waals surface area contributed by atoms with Crippen LogP contribution in [-0.2, 0) is 11.2 Å². The molecule has 3 aromatic rings. The van der Waals surface area contributed by atoms with Gasteiger partial charge in [0.2, 0.25) is 0 Å². The maximum atomic E-state index is 10.1. The second-order valence-corrected chi connectivity index (χ2v) is 8.54. The van der Waals surface area contributed by atoms with Crippen molar-refractivity contribution in [2.75, 3.05) is 51.2 Å². The molecule has 0 saturated carbocycles. The Labute approximate surface area is 204 Å². The number of hydrogen-bond donors (Lipinski definition) is 4. The molecular formula is C23H30N6O2S2. The quantitative estimate of drug-likeness (QED) is 0.181. The summed E-state index contributed by atoms with van der Waals surface area (Å²) in [5.41, 5.74) is 3.70. The van der Waals surface area contributed by atoms with Crippen molar-refractivity contribution in [2.45, 2.75) is 6.42 Å². The second-order valence-electron chi connectivity index (χ2n) is 7.76. The van der Waals surface area contributed by atoms with E-state index < -0.39 is 0 Å². The SMILES string of the molecule is CN(C)C=CCc1cc(N(C)CCOCNc2cccc(-n3c(=S)[nH][nH]c3=S)c2)ccc1O. The highest BCUT2D eigenvalue weighted by Gasteiger charge is 2.06. The van der Waals surface area contributed by atoms with Crippen LogP contribution in [-0.4, -0.2) is 65.8 Å². The molecular weight excluding hydrogens is 456 g/mol. The van der Waals surface area contributed by atoms with E-state index in [4.69, 9.17) is 29.2 Å². The van der Waals surface area contributed by atoms with Crippen molar-refractivity contribution in [1.29, 1.82) is 0 Å². The molecule has 1 aromatic heterocycles. The number of aromatic amines is 2. The largest absolute Gasteiger partial charge is 0.508 e. The zero-order valence-electron chi connectivity index (χ0n) is 19.0. The molecule has 0 unspecified atom stereocenters. The predicted octanol–water partition coefficient (Wildman–Crippen LogP) is 4.44. The van der Waals surface area contributed by atoms with Crippen molar-refractivity contribution in [3.63, 3.8) is 0 Å². The molecule has 10 heteroatoms. The van der Waals surface area contributed by atoms with E-state index in [1.165, 1.54) is 0 Å². The van der Waals surface area contributed by atoms with Crippen molar-refractivity contribution >= 4 is 35.8 Å². The molecule has 4 N–H and O–H groups in total. The van der Waals surface area contributed by atoms with E-state index in [0.29, 0.717) is 41.6 Å². The van der Waals surface area contributed by atoms with Gasteiger partial charge in [-0.2, -0.15) is 0 Å². The third kappa shape index (κ3) is 6.95. The summed E-state index contributed by atoms with van der Waals surface area (Å²) < 4.78 is 8.56. The average molecular weight is 487 g/mol. The number of ether oxygens (including phenoxy) is 1. The van der Waals surface area contributed by atoms with Crippen LogP contribution in [0.15, 0.2) is 54.7 Å². The van der Waals surface area contributed by atoms with Crippen molar-refractivity contribution < 1.29 is 9.84 Å². The number of likely N-dealkylation sites (N-methyl/N-ethyl adjacent to an activating group) is 1. The summed E-state index contributed by atoms with van der Waals surface area (Å²) in [5, 5.41) is 19.1. The number of anilines is 2. The molecule has 8 nitrogen and oxygen atoms in total. The number of phenolic OH excluding ortho intramolecular Hbond substituents is 1. The Hall–Kier alpha value is -3.08. The smallest absolute Gasteiger partial charge is 0.198 e. The first kappa shape index (κ1) is 24.6. The van der Waals surface area contributed by atoms with Gasteiger partial charge in [-0.05, 0) is 79.0 Å². The number of aromatic hydroxyl groups is 1. The van der Waals surface area contributed by atoms with Gasteiger partial charge in [0.15, 0.2) is 9.54 Å². The van der Waals surface area contributed by atoms with Crippen LogP contribution in [0, 0.1) is 9.54 Å². The number of nitrogens with zero attached hydrogens (tertiary/aromatic N) is 3. The number of rotatable bonds is 11. The van der Waals surface area contributed by atoms with E-state index >= 15 is 0 Å². The lowest BCUT2D eigenvalue weighted by Gasteiger charge is -2.20. The van der Waals surface area contributed by atoms with Gasteiger partial charge in [0.05, 0.1) is 12.3 Å². The van der Waals surface area contributed by atoms with Gasteiger partial charge in [-0.25, -0.2) is 0 Å². The Bertz CT molecular complexity index is 1170.